The number of rotatable bonds is 14. The van der Waals surface area contributed by atoms with Crippen LogP contribution in [0.2, 0.25) is 0 Å². The van der Waals surface area contributed by atoms with E-state index in [9.17, 15) is 43.1 Å². The maximum atomic E-state index is 12.9. The van der Waals surface area contributed by atoms with E-state index in [0.29, 0.717) is 6.54 Å². The predicted octanol–water partition coefficient (Wildman–Crippen LogP) is -0.476. The number of nitrogens with two attached hydrogens (primary N) is 2. The van der Waals surface area contributed by atoms with Crippen molar-refractivity contribution >= 4 is 58.0 Å². The summed E-state index contributed by atoms with van der Waals surface area (Å²) in [4.78, 5) is 77.8. The molecule has 8 atom stereocenters. The van der Waals surface area contributed by atoms with E-state index in [-0.39, 0.29) is 60.7 Å². The first kappa shape index (κ1) is 41.1. The Morgan fingerprint density at radius 1 is 0.895 bits per heavy atom. The summed E-state index contributed by atoms with van der Waals surface area (Å²) in [5.74, 6) is -0.0978. The standard InChI is InChI=1S/C28H38N11O15P3/c1-36-14-39(23-21(36)25(42)35-28(30)33-23)19-10-37(8-15-5-3-2-4-6-15)9-17(51-19)12-50-56(45,46)54-57(47,48)53-55(43,44)49-11-16-7-18(40)26(52-16)38-13-31-20-22(38)32-27(29)34-24(20)41/h2-6,13,16-19,26,40H,7-12,14H2,1H3,(H,43,44)(H,45,46)(H,47,48)(H3,29,32,34,41)(H3,30,33,35,42)/t16?,17-,18+,19?,26?/m0/s1. The number of imidazole rings is 1. The van der Waals surface area contributed by atoms with Crippen LogP contribution in [0.3, 0.4) is 0 Å². The third-order valence-electron chi connectivity index (χ3n) is 8.89. The van der Waals surface area contributed by atoms with Crippen LogP contribution in [0.25, 0.3) is 11.2 Å². The fourth-order valence-corrected chi connectivity index (χ4v) is 10.2. The minimum absolute atomic E-state index is 0.0164. The lowest BCUT2D eigenvalue weighted by molar-refractivity contribution is -0.103. The highest BCUT2D eigenvalue weighted by Gasteiger charge is 2.45. The Bertz CT molecular complexity index is 2390. The molecular weight excluding hydrogens is 823 g/mol. The first-order valence-corrected chi connectivity index (χ1v) is 21.4. The zero-order valence-corrected chi connectivity index (χ0v) is 32.4. The summed E-state index contributed by atoms with van der Waals surface area (Å²) >= 11 is 0. The molecule has 310 valence electrons. The number of phosphoric acid groups is 3. The molecule has 0 spiro atoms. The van der Waals surface area contributed by atoms with Crippen molar-refractivity contribution in [2.45, 2.75) is 43.7 Å². The molecule has 2 fully saturated rings. The van der Waals surface area contributed by atoms with Crippen LogP contribution < -0.4 is 32.4 Å². The molecule has 2 saturated heterocycles. The lowest BCUT2D eigenvalue weighted by Crippen LogP contribution is -2.55. The van der Waals surface area contributed by atoms with Crippen molar-refractivity contribution in [2.75, 3.05) is 61.3 Å². The number of hydrogen-bond acceptors (Lipinski definition) is 20. The van der Waals surface area contributed by atoms with E-state index in [1.165, 1.54) is 10.9 Å². The Labute approximate surface area is 320 Å². The predicted molar refractivity (Wildman–Crippen MR) is 196 cm³/mol. The highest BCUT2D eigenvalue weighted by Crippen LogP contribution is 2.67. The minimum atomic E-state index is -5.86. The van der Waals surface area contributed by atoms with Crippen LogP contribution in [0, 0.1) is 0 Å². The number of fused-ring (bicyclic) bond motifs is 2. The maximum Gasteiger partial charge on any atom is 0.490 e. The van der Waals surface area contributed by atoms with Crippen LogP contribution in [-0.2, 0) is 47.4 Å². The van der Waals surface area contributed by atoms with Crippen molar-refractivity contribution < 1.29 is 60.6 Å². The van der Waals surface area contributed by atoms with E-state index in [2.05, 4.69) is 33.5 Å². The summed E-state index contributed by atoms with van der Waals surface area (Å²) in [5.41, 5.74) is 11.4. The van der Waals surface area contributed by atoms with Crippen LogP contribution in [0.4, 0.5) is 23.4 Å². The normalized spacial score (nSPS) is 25.9. The Morgan fingerprint density at radius 2 is 1.54 bits per heavy atom. The number of nitrogen functional groups attached to an aromatic ring is 2. The number of morpholine rings is 1. The summed E-state index contributed by atoms with van der Waals surface area (Å²) in [6.07, 6.45) is -4.35. The average Bonchev–Trinajstić information content (AvgIpc) is 3.80. The average molecular weight is 862 g/mol. The molecule has 57 heavy (non-hydrogen) atoms. The molecular formula is C28H38N11O15P3. The van der Waals surface area contributed by atoms with Gasteiger partial charge in [-0.15, -0.1) is 0 Å². The summed E-state index contributed by atoms with van der Waals surface area (Å²) in [5, 5.41) is 10.6. The van der Waals surface area contributed by atoms with Gasteiger partial charge in [-0.1, -0.05) is 30.3 Å². The minimum Gasteiger partial charge on any atom is -0.388 e. The number of anilines is 4. The highest BCUT2D eigenvalue weighted by molar-refractivity contribution is 7.66. The molecule has 0 amide bonds. The van der Waals surface area contributed by atoms with Crippen molar-refractivity contribution in [3.8, 4) is 0 Å². The summed E-state index contributed by atoms with van der Waals surface area (Å²) in [7, 11) is -15.2. The first-order chi connectivity index (χ1) is 26.8. The van der Waals surface area contributed by atoms with E-state index in [1.807, 2.05) is 35.2 Å². The largest absolute Gasteiger partial charge is 0.490 e. The second-order valence-corrected chi connectivity index (χ2v) is 17.8. The molecule has 0 bridgehead atoms. The van der Waals surface area contributed by atoms with Gasteiger partial charge in [-0.2, -0.15) is 18.6 Å². The second-order valence-electron chi connectivity index (χ2n) is 13.2. The van der Waals surface area contributed by atoms with E-state index >= 15 is 0 Å². The number of H-pyrrole nitrogens is 2. The van der Waals surface area contributed by atoms with E-state index in [4.69, 9.17) is 30.0 Å². The smallest absolute Gasteiger partial charge is 0.388 e. The van der Waals surface area contributed by atoms with Gasteiger partial charge in [-0.25, -0.2) is 18.7 Å². The van der Waals surface area contributed by atoms with Crippen LogP contribution in [0.5, 0.6) is 0 Å². The molecule has 3 aliphatic rings. The maximum absolute atomic E-state index is 12.9. The molecule has 6 heterocycles. The third kappa shape index (κ3) is 9.46. The summed E-state index contributed by atoms with van der Waals surface area (Å²) in [6.45, 7) is -0.464. The number of phosphoric ester groups is 2. The van der Waals surface area contributed by atoms with Gasteiger partial charge in [0.25, 0.3) is 11.1 Å². The monoisotopic (exact) mass is 861 g/mol. The molecule has 0 radical (unpaired) electrons. The quantitative estimate of drug-likeness (QED) is 0.0742. The van der Waals surface area contributed by atoms with Crippen molar-refractivity contribution in [1.82, 2.24) is 34.4 Å². The molecule has 3 aliphatic heterocycles. The summed E-state index contributed by atoms with van der Waals surface area (Å²) in [6, 6.07) is 9.37. The van der Waals surface area contributed by atoms with Gasteiger partial charge in [0, 0.05) is 33.1 Å². The van der Waals surface area contributed by atoms with Crippen LogP contribution in [0.15, 0.2) is 46.2 Å². The number of aliphatic hydroxyl groups is 1. The van der Waals surface area contributed by atoms with Gasteiger partial charge in [0.15, 0.2) is 23.2 Å². The van der Waals surface area contributed by atoms with Gasteiger partial charge < -0.3 is 50.5 Å². The topological polar surface area (TPSA) is 359 Å². The highest BCUT2D eigenvalue weighted by atomic mass is 31.3. The van der Waals surface area contributed by atoms with Gasteiger partial charge in [0.1, 0.15) is 18.0 Å². The Balaban J connectivity index is 0.960. The molecule has 7 rings (SSSR count). The third-order valence-corrected chi connectivity index (χ3v) is 13.1. The SMILES string of the molecule is CN1CN(C2CN(Cc3ccccc3)C[C@@H](COP(=O)(O)OP(=O)(O)OP(=O)(O)OCC3C[C@@H](O)C(n4cnc5c(=O)[nH]c(N)nc54)O3)O2)c2nc(N)[nH]c(=O)c21. The van der Waals surface area contributed by atoms with E-state index < -0.39 is 78.6 Å². The van der Waals surface area contributed by atoms with Gasteiger partial charge in [-0.05, 0) is 5.56 Å². The van der Waals surface area contributed by atoms with E-state index in [1.54, 1.807) is 16.8 Å². The number of ether oxygens (including phenoxy) is 2. The Morgan fingerprint density at radius 3 is 2.25 bits per heavy atom. The molecule has 10 N–H and O–H groups in total. The summed E-state index contributed by atoms with van der Waals surface area (Å²) < 4.78 is 69.6. The second kappa shape index (κ2) is 15.9. The lowest BCUT2D eigenvalue weighted by atomic mass is 10.2. The van der Waals surface area contributed by atoms with Crippen LogP contribution >= 0.6 is 23.5 Å². The molecule has 1 aromatic carbocycles. The lowest BCUT2D eigenvalue weighted by Gasteiger charge is -2.42. The number of benzene rings is 1. The molecule has 29 heteroatoms. The molecule has 26 nitrogen and oxygen atoms in total. The first-order valence-electron chi connectivity index (χ1n) is 16.9. The molecule has 0 aliphatic carbocycles. The Hall–Kier alpha value is -4.10. The van der Waals surface area contributed by atoms with Crippen molar-refractivity contribution in [1.29, 1.82) is 0 Å². The van der Waals surface area contributed by atoms with Gasteiger partial charge in [0.05, 0.1) is 38.4 Å². The Kier molecular flexibility index (Phi) is 11.5. The number of aliphatic hydroxyl groups excluding tert-OH is 1. The van der Waals surface area contributed by atoms with Crippen molar-refractivity contribution in [2.24, 2.45) is 0 Å². The fraction of sp³-hybridized carbons (Fsp3) is 0.464. The van der Waals surface area contributed by atoms with Crippen LogP contribution in [-0.4, -0.2) is 119 Å². The van der Waals surface area contributed by atoms with Gasteiger partial charge in [-0.3, -0.25) is 38.1 Å². The number of nitrogens with zero attached hydrogens (tertiary/aromatic N) is 7. The number of hydrogen-bond donors (Lipinski definition) is 8. The number of aromatic nitrogens is 6. The van der Waals surface area contributed by atoms with Crippen LogP contribution in [0.1, 0.15) is 18.2 Å². The zero-order valence-electron chi connectivity index (χ0n) is 29.7. The van der Waals surface area contributed by atoms with Crippen molar-refractivity contribution in [3.05, 3.63) is 62.9 Å². The zero-order chi connectivity index (χ0) is 40.9. The number of nitrogens with one attached hydrogen (secondary N) is 2. The van der Waals surface area contributed by atoms with E-state index in [0.717, 1.165) is 5.56 Å². The molecule has 0 saturated carbocycles. The van der Waals surface area contributed by atoms with Crippen molar-refractivity contribution in [3.63, 3.8) is 0 Å². The molecule has 4 aromatic rings. The fourth-order valence-electron chi connectivity index (χ4n) is 6.63. The molecule has 3 aromatic heterocycles. The number of aromatic amines is 2. The molecule has 6 unspecified atom stereocenters. The van der Waals surface area contributed by atoms with Gasteiger partial charge in [0.2, 0.25) is 11.9 Å². The van der Waals surface area contributed by atoms with Gasteiger partial charge >= 0.3 is 23.5 Å².